The van der Waals surface area contributed by atoms with E-state index in [9.17, 15) is 10.2 Å². The number of methoxy groups -OCH3 is 1. The predicted molar refractivity (Wildman–Crippen MR) is 79.6 cm³/mol. The number of pyridine rings is 2. The first kappa shape index (κ1) is 13.2. The third-order valence-corrected chi connectivity index (χ3v) is 4.35. The van der Waals surface area contributed by atoms with Crippen molar-refractivity contribution >= 4 is 10.9 Å². The maximum Gasteiger partial charge on any atom is 0.219 e. The zero-order valence-corrected chi connectivity index (χ0v) is 12.2. The van der Waals surface area contributed by atoms with Crippen LogP contribution in [0.25, 0.3) is 10.9 Å². The fourth-order valence-corrected chi connectivity index (χ4v) is 3.31. The van der Waals surface area contributed by atoms with Gasteiger partial charge in [-0.25, -0.2) is 4.98 Å². The Kier molecular flexibility index (Phi) is 2.58. The lowest BCUT2D eigenvalue weighted by Gasteiger charge is -2.34. The molecule has 4 rings (SSSR count). The molecule has 3 aromatic heterocycles. The molecule has 3 aromatic rings. The molecule has 0 fully saturated rings. The second kappa shape index (κ2) is 4.28. The Balaban J connectivity index is 2.11. The number of rotatable bonds is 1. The van der Waals surface area contributed by atoms with E-state index in [1.54, 1.807) is 31.6 Å². The Morgan fingerprint density at radius 3 is 2.86 bits per heavy atom. The van der Waals surface area contributed by atoms with Crippen LogP contribution in [0.4, 0.5) is 0 Å². The Morgan fingerprint density at radius 2 is 2.09 bits per heavy atom. The molecule has 1 aliphatic rings. The molecule has 0 aliphatic heterocycles. The molecule has 2 unspecified atom stereocenters. The van der Waals surface area contributed by atoms with E-state index in [-0.39, 0.29) is 0 Å². The molecule has 0 aromatic carbocycles. The normalized spacial score (nSPS) is 23.2. The van der Waals surface area contributed by atoms with E-state index in [0.29, 0.717) is 28.3 Å². The molecule has 3 N–H and O–H groups in total. The Bertz CT molecular complexity index is 885. The van der Waals surface area contributed by atoms with Gasteiger partial charge in [0.15, 0.2) is 0 Å². The van der Waals surface area contributed by atoms with Gasteiger partial charge in [-0.2, -0.15) is 0 Å². The monoisotopic (exact) mass is 297 g/mol. The standard InChI is InChI=1S/C16H15N3O3/c1-16(21)9-3-6-18-15(22-2)12(9)13(20)11-8-7-17-5-4-10(8)19-14(11)16/h3-7,13,19-21H,1-2H3. The van der Waals surface area contributed by atoms with Crippen LogP contribution in [0.2, 0.25) is 0 Å². The van der Waals surface area contributed by atoms with Crippen LogP contribution in [0.15, 0.2) is 30.7 Å². The van der Waals surface area contributed by atoms with Crippen LogP contribution in [0.5, 0.6) is 5.88 Å². The highest BCUT2D eigenvalue weighted by molar-refractivity contribution is 5.86. The van der Waals surface area contributed by atoms with Crippen LogP contribution in [0.1, 0.15) is 35.4 Å². The summed E-state index contributed by atoms with van der Waals surface area (Å²) in [5, 5.41) is 22.7. The lowest BCUT2D eigenvalue weighted by Crippen LogP contribution is -2.32. The SMILES string of the molecule is COc1nccc2c1C(O)c1c([nH]c3ccncc13)C2(C)O. The summed E-state index contributed by atoms with van der Waals surface area (Å²) < 4.78 is 5.27. The number of hydrogen-bond acceptors (Lipinski definition) is 5. The van der Waals surface area contributed by atoms with Gasteiger partial charge in [0.1, 0.15) is 11.7 Å². The Labute approximate surface area is 126 Å². The van der Waals surface area contributed by atoms with Gasteiger partial charge < -0.3 is 19.9 Å². The molecule has 6 nitrogen and oxygen atoms in total. The Morgan fingerprint density at radius 1 is 1.27 bits per heavy atom. The van der Waals surface area contributed by atoms with Crippen molar-refractivity contribution in [3.63, 3.8) is 0 Å². The van der Waals surface area contributed by atoms with Gasteiger partial charge in [-0.3, -0.25) is 4.98 Å². The molecular formula is C16H15N3O3. The van der Waals surface area contributed by atoms with E-state index in [1.165, 1.54) is 7.11 Å². The summed E-state index contributed by atoms with van der Waals surface area (Å²) >= 11 is 0. The van der Waals surface area contributed by atoms with Gasteiger partial charge >= 0.3 is 0 Å². The second-order valence-corrected chi connectivity index (χ2v) is 5.59. The molecule has 6 heteroatoms. The van der Waals surface area contributed by atoms with Crippen molar-refractivity contribution in [2.75, 3.05) is 7.11 Å². The summed E-state index contributed by atoms with van der Waals surface area (Å²) in [6.45, 7) is 1.69. The maximum atomic E-state index is 11.1. The largest absolute Gasteiger partial charge is 0.481 e. The quantitative estimate of drug-likeness (QED) is 0.635. The van der Waals surface area contributed by atoms with Gasteiger partial charge in [0, 0.05) is 40.6 Å². The van der Waals surface area contributed by atoms with E-state index < -0.39 is 11.7 Å². The van der Waals surface area contributed by atoms with Crippen LogP contribution in [-0.4, -0.2) is 32.3 Å². The summed E-state index contributed by atoms with van der Waals surface area (Å²) in [7, 11) is 1.50. The molecule has 0 amide bonds. The predicted octanol–water partition coefficient (Wildman–Crippen LogP) is 1.62. The third kappa shape index (κ3) is 1.51. The fraction of sp³-hybridized carbons (Fsp3) is 0.250. The molecule has 22 heavy (non-hydrogen) atoms. The lowest BCUT2D eigenvalue weighted by molar-refractivity contribution is 0.0796. The van der Waals surface area contributed by atoms with E-state index in [0.717, 1.165) is 10.9 Å². The second-order valence-electron chi connectivity index (χ2n) is 5.59. The van der Waals surface area contributed by atoms with Crippen LogP contribution in [0, 0.1) is 0 Å². The first-order valence-electron chi connectivity index (χ1n) is 6.95. The highest BCUT2D eigenvalue weighted by atomic mass is 16.5. The van der Waals surface area contributed by atoms with Crippen molar-refractivity contribution in [3.8, 4) is 5.88 Å². The van der Waals surface area contributed by atoms with Gasteiger partial charge in [-0.05, 0) is 19.1 Å². The van der Waals surface area contributed by atoms with Crippen LogP contribution < -0.4 is 4.74 Å². The van der Waals surface area contributed by atoms with E-state index in [1.807, 2.05) is 6.07 Å². The molecule has 0 radical (unpaired) electrons. The number of aromatic nitrogens is 3. The molecule has 0 bridgehead atoms. The van der Waals surface area contributed by atoms with Gasteiger partial charge in [0.05, 0.1) is 18.4 Å². The summed E-state index contributed by atoms with van der Waals surface area (Å²) in [5.41, 5.74) is 1.81. The van der Waals surface area contributed by atoms with E-state index in [4.69, 9.17) is 4.74 Å². The molecule has 0 saturated heterocycles. The number of H-pyrrole nitrogens is 1. The zero-order chi connectivity index (χ0) is 15.5. The van der Waals surface area contributed by atoms with Crippen molar-refractivity contribution in [1.29, 1.82) is 0 Å². The van der Waals surface area contributed by atoms with Crippen molar-refractivity contribution in [1.82, 2.24) is 15.0 Å². The topological polar surface area (TPSA) is 91.3 Å². The molecule has 3 heterocycles. The number of nitrogens with zero attached hydrogens (tertiary/aromatic N) is 2. The zero-order valence-electron chi connectivity index (χ0n) is 12.2. The maximum absolute atomic E-state index is 11.1. The minimum absolute atomic E-state index is 0.314. The number of aliphatic hydroxyl groups excluding tert-OH is 1. The molecule has 2 atom stereocenters. The summed E-state index contributed by atoms with van der Waals surface area (Å²) in [5.74, 6) is 0.314. The highest BCUT2D eigenvalue weighted by Gasteiger charge is 2.43. The summed E-state index contributed by atoms with van der Waals surface area (Å²) in [6, 6.07) is 3.52. The first-order valence-corrected chi connectivity index (χ1v) is 6.95. The van der Waals surface area contributed by atoms with Crippen LogP contribution >= 0.6 is 0 Å². The summed E-state index contributed by atoms with van der Waals surface area (Å²) in [4.78, 5) is 11.5. The lowest BCUT2D eigenvalue weighted by atomic mass is 9.78. The van der Waals surface area contributed by atoms with Gasteiger partial charge in [0.25, 0.3) is 0 Å². The number of aliphatic hydroxyl groups is 2. The van der Waals surface area contributed by atoms with Gasteiger partial charge in [0.2, 0.25) is 5.88 Å². The van der Waals surface area contributed by atoms with Crippen molar-refractivity contribution < 1.29 is 14.9 Å². The van der Waals surface area contributed by atoms with Crippen molar-refractivity contribution in [3.05, 3.63) is 53.1 Å². The van der Waals surface area contributed by atoms with Gasteiger partial charge in [-0.15, -0.1) is 0 Å². The molecule has 0 saturated carbocycles. The minimum atomic E-state index is -1.28. The van der Waals surface area contributed by atoms with E-state index >= 15 is 0 Å². The molecular weight excluding hydrogens is 282 g/mol. The van der Waals surface area contributed by atoms with Crippen LogP contribution in [-0.2, 0) is 5.60 Å². The average Bonchev–Trinajstić information content (AvgIpc) is 2.93. The van der Waals surface area contributed by atoms with Crippen molar-refractivity contribution in [2.45, 2.75) is 18.6 Å². The number of ether oxygens (including phenoxy) is 1. The van der Waals surface area contributed by atoms with Crippen molar-refractivity contribution in [2.24, 2.45) is 0 Å². The minimum Gasteiger partial charge on any atom is -0.481 e. The first-order chi connectivity index (χ1) is 10.6. The fourth-order valence-electron chi connectivity index (χ4n) is 3.31. The number of fused-ring (bicyclic) bond motifs is 4. The number of nitrogens with one attached hydrogen (secondary N) is 1. The van der Waals surface area contributed by atoms with Gasteiger partial charge in [-0.1, -0.05) is 0 Å². The highest BCUT2D eigenvalue weighted by Crippen LogP contribution is 2.48. The molecule has 0 spiro atoms. The van der Waals surface area contributed by atoms with Crippen LogP contribution in [0.3, 0.4) is 0 Å². The third-order valence-electron chi connectivity index (χ3n) is 4.35. The number of aromatic amines is 1. The Hall–Kier alpha value is -2.44. The number of hydrogen-bond donors (Lipinski definition) is 3. The molecule has 112 valence electrons. The molecule has 1 aliphatic carbocycles. The summed E-state index contributed by atoms with van der Waals surface area (Å²) in [6.07, 6.45) is 3.97. The average molecular weight is 297 g/mol. The van der Waals surface area contributed by atoms with E-state index in [2.05, 4.69) is 15.0 Å². The smallest absolute Gasteiger partial charge is 0.219 e.